The van der Waals surface area contributed by atoms with E-state index in [2.05, 4.69) is 29.6 Å². The van der Waals surface area contributed by atoms with Crippen LogP contribution in [-0.2, 0) is 14.1 Å². The van der Waals surface area contributed by atoms with Crippen LogP contribution in [0.5, 0.6) is 5.75 Å². The van der Waals surface area contributed by atoms with Crippen LogP contribution in [0.3, 0.4) is 0 Å². The normalized spacial score (nSPS) is 21.0. The topological polar surface area (TPSA) is 74.2 Å². The van der Waals surface area contributed by atoms with Crippen LogP contribution in [0.15, 0.2) is 47.3 Å². The summed E-state index contributed by atoms with van der Waals surface area (Å²) < 4.78 is 8.99. The largest absolute Gasteiger partial charge is 0.496 e. The number of ether oxygens (including phenoxy) is 1. The zero-order valence-electron chi connectivity index (χ0n) is 16.7. The third-order valence-corrected chi connectivity index (χ3v) is 6.11. The molecule has 6 nitrogen and oxygen atoms in total. The molecule has 0 aliphatic carbocycles. The third kappa shape index (κ3) is 3.02. The van der Waals surface area contributed by atoms with Crippen LogP contribution in [0, 0.1) is 5.92 Å². The van der Waals surface area contributed by atoms with Gasteiger partial charge >= 0.3 is 5.69 Å². The van der Waals surface area contributed by atoms with E-state index in [1.807, 2.05) is 18.2 Å². The maximum absolute atomic E-state index is 12.4. The minimum absolute atomic E-state index is 0.0516. The van der Waals surface area contributed by atoms with Gasteiger partial charge in [0.25, 0.3) is 0 Å². The van der Waals surface area contributed by atoms with E-state index in [-0.39, 0.29) is 23.7 Å². The zero-order valence-corrected chi connectivity index (χ0v) is 16.7. The maximum Gasteiger partial charge on any atom is 0.328 e. The van der Waals surface area contributed by atoms with Crippen molar-refractivity contribution < 1.29 is 4.74 Å². The molecule has 1 saturated heterocycles. The van der Waals surface area contributed by atoms with E-state index in [1.54, 1.807) is 30.3 Å². The molecule has 3 N–H and O–H groups in total. The molecule has 1 fully saturated rings. The van der Waals surface area contributed by atoms with Gasteiger partial charge in [0.05, 0.1) is 18.1 Å². The van der Waals surface area contributed by atoms with E-state index in [0.717, 1.165) is 41.7 Å². The molecule has 1 aliphatic rings. The van der Waals surface area contributed by atoms with Gasteiger partial charge in [-0.15, -0.1) is 0 Å². The Morgan fingerprint density at radius 2 is 1.82 bits per heavy atom. The van der Waals surface area contributed by atoms with E-state index in [1.165, 1.54) is 5.56 Å². The lowest BCUT2D eigenvalue weighted by Gasteiger charge is -2.37. The molecule has 0 spiro atoms. The Morgan fingerprint density at radius 1 is 1.14 bits per heavy atom. The average molecular weight is 380 g/mol. The minimum atomic E-state index is -0.201. The van der Waals surface area contributed by atoms with Crippen molar-refractivity contribution in [2.24, 2.45) is 25.7 Å². The fourth-order valence-electron chi connectivity index (χ4n) is 4.54. The number of nitrogens with two attached hydrogens (primary N) is 1. The van der Waals surface area contributed by atoms with Gasteiger partial charge in [0, 0.05) is 37.8 Å². The number of nitrogens with zero attached hydrogens (tertiary/aromatic N) is 2. The van der Waals surface area contributed by atoms with Crippen LogP contribution in [0.4, 0.5) is 0 Å². The second kappa shape index (κ2) is 7.45. The van der Waals surface area contributed by atoms with Crippen molar-refractivity contribution >= 4 is 11.0 Å². The highest BCUT2D eigenvalue weighted by atomic mass is 16.5. The molecular formula is C22H28N4O2. The molecule has 3 atom stereocenters. The Kier molecular flexibility index (Phi) is 5.00. The molecule has 28 heavy (non-hydrogen) atoms. The van der Waals surface area contributed by atoms with Gasteiger partial charge in [-0.1, -0.05) is 30.3 Å². The molecule has 2 heterocycles. The molecule has 0 bridgehead atoms. The number of benzene rings is 2. The van der Waals surface area contributed by atoms with Crippen LogP contribution in [0.25, 0.3) is 11.0 Å². The fourth-order valence-corrected chi connectivity index (χ4v) is 4.54. The first-order valence-electron chi connectivity index (χ1n) is 9.80. The molecule has 6 heteroatoms. The van der Waals surface area contributed by atoms with Gasteiger partial charge in [-0.3, -0.25) is 9.13 Å². The number of rotatable bonds is 4. The van der Waals surface area contributed by atoms with Crippen molar-refractivity contribution in [3.8, 4) is 5.75 Å². The fraction of sp³-hybridized carbons (Fsp3) is 0.409. The van der Waals surface area contributed by atoms with Gasteiger partial charge in [-0.2, -0.15) is 0 Å². The Morgan fingerprint density at radius 3 is 2.50 bits per heavy atom. The number of aromatic nitrogens is 2. The summed E-state index contributed by atoms with van der Waals surface area (Å²) in [5.41, 5.74) is 10.7. The van der Waals surface area contributed by atoms with Crippen molar-refractivity contribution in [3.63, 3.8) is 0 Å². The zero-order chi connectivity index (χ0) is 19.8. The lowest BCUT2D eigenvalue weighted by Crippen LogP contribution is -2.39. The first-order chi connectivity index (χ1) is 13.5. The summed E-state index contributed by atoms with van der Waals surface area (Å²) in [6, 6.07) is 14.4. The number of hydrogen-bond acceptors (Lipinski definition) is 4. The lowest BCUT2D eigenvalue weighted by atomic mass is 9.79. The SMILES string of the molecule is COc1cc2c(cc1C(N)C1CCCNC1c1ccccc1)n(C)c(=O)n2C. The van der Waals surface area contributed by atoms with Crippen molar-refractivity contribution in [2.45, 2.75) is 24.9 Å². The summed E-state index contributed by atoms with van der Waals surface area (Å²) in [6.07, 6.45) is 2.14. The molecule has 2 aromatic carbocycles. The molecule has 3 aromatic rings. The van der Waals surface area contributed by atoms with Crippen LogP contribution < -0.4 is 21.5 Å². The first kappa shape index (κ1) is 18.8. The van der Waals surface area contributed by atoms with Crippen molar-refractivity contribution in [3.05, 3.63) is 64.1 Å². The number of aryl methyl sites for hydroxylation is 2. The van der Waals surface area contributed by atoms with Gasteiger partial charge < -0.3 is 15.8 Å². The van der Waals surface area contributed by atoms with E-state index in [4.69, 9.17) is 10.5 Å². The highest BCUT2D eigenvalue weighted by molar-refractivity contribution is 5.79. The molecule has 4 rings (SSSR count). The summed E-state index contributed by atoms with van der Waals surface area (Å²) in [6.45, 7) is 0.992. The number of methoxy groups -OCH3 is 1. The third-order valence-electron chi connectivity index (χ3n) is 6.11. The Balaban J connectivity index is 1.79. The smallest absolute Gasteiger partial charge is 0.328 e. The van der Waals surface area contributed by atoms with Gasteiger partial charge in [-0.05, 0) is 36.9 Å². The molecular weight excluding hydrogens is 352 g/mol. The monoisotopic (exact) mass is 380 g/mol. The van der Waals surface area contributed by atoms with Crippen molar-refractivity contribution in [1.29, 1.82) is 0 Å². The second-order valence-corrected chi connectivity index (χ2v) is 7.66. The number of hydrogen-bond donors (Lipinski definition) is 2. The van der Waals surface area contributed by atoms with E-state index >= 15 is 0 Å². The number of nitrogens with one attached hydrogen (secondary N) is 1. The Bertz CT molecular complexity index is 1040. The van der Waals surface area contributed by atoms with Crippen LogP contribution in [0.1, 0.15) is 36.1 Å². The van der Waals surface area contributed by atoms with Gasteiger partial charge in [0.15, 0.2) is 0 Å². The second-order valence-electron chi connectivity index (χ2n) is 7.66. The van der Waals surface area contributed by atoms with Crippen molar-refractivity contribution in [1.82, 2.24) is 14.5 Å². The quantitative estimate of drug-likeness (QED) is 0.730. The first-order valence-corrected chi connectivity index (χ1v) is 9.80. The highest BCUT2D eigenvalue weighted by Gasteiger charge is 2.33. The number of imidazole rings is 1. The number of fused-ring (bicyclic) bond motifs is 1. The summed E-state index contributed by atoms with van der Waals surface area (Å²) in [5.74, 6) is 0.974. The maximum atomic E-state index is 12.4. The summed E-state index contributed by atoms with van der Waals surface area (Å²) in [7, 11) is 5.23. The van der Waals surface area contributed by atoms with Gasteiger partial charge in [-0.25, -0.2) is 4.79 Å². The molecule has 1 aromatic heterocycles. The standard InChI is InChI=1S/C22H28N4O2/c1-25-17-12-16(19(28-3)13-18(17)26(2)22(25)27)20(23)15-10-7-11-24-21(15)14-8-5-4-6-9-14/h4-6,8-9,12-13,15,20-21,24H,7,10-11,23H2,1-3H3. The average Bonchev–Trinajstić information content (AvgIpc) is 2.96. The Hall–Kier alpha value is -2.57. The molecule has 0 saturated carbocycles. The van der Waals surface area contributed by atoms with E-state index < -0.39 is 0 Å². The molecule has 0 radical (unpaired) electrons. The summed E-state index contributed by atoms with van der Waals surface area (Å²) in [4.78, 5) is 12.4. The van der Waals surface area contributed by atoms with Crippen LogP contribution in [0.2, 0.25) is 0 Å². The van der Waals surface area contributed by atoms with Crippen LogP contribution >= 0.6 is 0 Å². The van der Waals surface area contributed by atoms with Gasteiger partial charge in [0.1, 0.15) is 5.75 Å². The molecule has 0 amide bonds. The Labute approximate surface area is 164 Å². The predicted octanol–water partition coefficient (Wildman–Crippen LogP) is 2.63. The predicted molar refractivity (Wildman–Crippen MR) is 112 cm³/mol. The summed E-state index contributed by atoms with van der Waals surface area (Å²) in [5, 5.41) is 3.66. The van der Waals surface area contributed by atoms with Crippen molar-refractivity contribution in [2.75, 3.05) is 13.7 Å². The highest BCUT2D eigenvalue weighted by Crippen LogP contribution is 2.40. The molecule has 1 aliphatic heterocycles. The lowest BCUT2D eigenvalue weighted by molar-refractivity contribution is 0.241. The van der Waals surface area contributed by atoms with Gasteiger partial charge in [0.2, 0.25) is 0 Å². The molecule has 3 unspecified atom stereocenters. The molecule has 148 valence electrons. The minimum Gasteiger partial charge on any atom is -0.496 e. The van der Waals surface area contributed by atoms with E-state index in [9.17, 15) is 4.79 Å². The van der Waals surface area contributed by atoms with Crippen LogP contribution in [-0.4, -0.2) is 22.8 Å². The van der Waals surface area contributed by atoms with E-state index in [0.29, 0.717) is 0 Å². The summed E-state index contributed by atoms with van der Waals surface area (Å²) >= 11 is 0. The number of piperidine rings is 1.